The van der Waals surface area contributed by atoms with Gasteiger partial charge in [0.15, 0.2) is 0 Å². The quantitative estimate of drug-likeness (QED) is 0.775. The highest BCUT2D eigenvalue weighted by atomic mass is 16.5. The summed E-state index contributed by atoms with van der Waals surface area (Å²) in [5, 5.41) is 0. The first kappa shape index (κ1) is 16.3. The van der Waals surface area contributed by atoms with E-state index >= 15 is 0 Å². The lowest BCUT2D eigenvalue weighted by Gasteiger charge is -2.30. The van der Waals surface area contributed by atoms with Crippen LogP contribution in [0.25, 0.3) is 0 Å². The fourth-order valence-corrected chi connectivity index (χ4v) is 4.01. The van der Waals surface area contributed by atoms with E-state index in [0.717, 1.165) is 36.7 Å². The normalized spacial score (nSPS) is 23.2. The van der Waals surface area contributed by atoms with Crippen molar-refractivity contribution in [1.82, 2.24) is 9.80 Å². The molecule has 1 saturated heterocycles. The molecule has 0 aromatic heterocycles. The van der Waals surface area contributed by atoms with Crippen molar-refractivity contribution in [2.24, 2.45) is 5.92 Å². The highest BCUT2D eigenvalue weighted by Gasteiger charge is 2.38. The van der Waals surface area contributed by atoms with Gasteiger partial charge >= 0.3 is 0 Å². The molecule has 1 aromatic carbocycles. The fraction of sp³-hybridized carbons (Fsp3) is 0.632. The number of hydrogen-bond donors (Lipinski definition) is 0. The molecule has 1 aliphatic heterocycles. The van der Waals surface area contributed by atoms with Crippen molar-refractivity contribution in [1.29, 1.82) is 0 Å². The Labute approximate surface area is 139 Å². The van der Waals surface area contributed by atoms with Crippen molar-refractivity contribution in [3.63, 3.8) is 0 Å². The Kier molecular flexibility index (Phi) is 5.21. The zero-order chi connectivity index (χ0) is 16.2. The maximum atomic E-state index is 12.8. The summed E-state index contributed by atoms with van der Waals surface area (Å²) in [5.41, 5.74) is 1.16. The van der Waals surface area contributed by atoms with Crippen LogP contribution >= 0.6 is 0 Å². The van der Waals surface area contributed by atoms with Gasteiger partial charge in [0.05, 0.1) is 13.7 Å². The average Bonchev–Trinajstić information content (AvgIpc) is 3.18. The lowest BCUT2D eigenvalue weighted by Crippen LogP contribution is -2.43. The summed E-state index contributed by atoms with van der Waals surface area (Å²) in [6.07, 6.45) is 4.94. The first-order valence-electron chi connectivity index (χ1n) is 8.84. The third-order valence-electron chi connectivity index (χ3n) is 5.24. The van der Waals surface area contributed by atoms with Gasteiger partial charge in [-0.1, -0.05) is 19.1 Å². The van der Waals surface area contributed by atoms with E-state index < -0.39 is 0 Å². The number of likely N-dealkylation sites (tertiary alicyclic amines) is 1. The zero-order valence-electron chi connectivity index (χ0n) is 14.3. The number of rotatable bonds is 7. The molecule has 126 valence electrons. The minimum Gasteiger partial charge on any atom is -0.497 e. The third kappa shape index (κ3) is 3.86. The Morgan fingerprint density at radius 2 is 2.09 bits per heavy atom. The van der Waals surface area contributed by atoms with E-state index in [2.05, 4.69) is 11.8 Å². The maximum Gasteiger partial charge on any atom is 0.237 e. The molecule has 4 heteroatoms. The summed E-state index contributed by atoms with van der Waals surface area (Å²) in [5.74, 6) is 1.97. The number of benzene rings is 1. The Bertz CT molecular complexity index is 529. The number of hydrogen-bond acceptors (Lipinski definition) is 3. The van der Waals surface area contributed by atoms with Crippen LogP contribution in [-0.2, 0) is 11.3 Å². The van der Waals surface area contributed by atoms with Crippen molar-refractivity contribution >= 4 is 5.91 Å². The molecule has 1 heterocycles. The number of piperidine rings is 1. The zero-order valence-corrected chi connectivity index (χ0v) is 14.3. The summed E-state index contributed by atoms with van der Waals surface area (Å²) < 4.78 is 5.20. The molecule has 2 aliphatic rings. The summed E-state index contributed by atoms with van der Waals surface area (Å²) in [7, 11) is 1.67. The first-order valence-corrected chi connectivity index (χ1v) is 8.84. The van der Waals surface area contributed by atoms with Crippen LogP contribution in [0.2, 0.25) is 0 Å². The van der Waals surface area contributed by atoms with Gasteiger partial charge in [-0.25, -0.2) is 0 Å². The lowest BCUT2D eigenvalue weighted by atomic mass is 10.1. The lowest BCUT2D eigenvalue weighted by molar-refractivity contribution is -0.133. The number of amides is 1. The molecule has 1 aromatic rings. The molecular weight excluding hydrogens is 288 g/mol. The molecule has 23 heavy (non-hydrogen) atoms. The highest BCUT2D eigenvalue weighted by Crippen LogP contribution is 2.37. The second-order valence-electron chi connectivity index (χ2n) is 6.93. The Morgan fingerprint density at radius 1 is 1.30 bits per heavy atom. The molecule has 2 fully saturated rings. The first-order chi connectivity index (χ1) is 11.2. The number of ether oxygens (including phenoxy) is 1. The summed E-state index contributed by atoms with van der Waals surface area (Å²) in [4.78, 5) is 17.2. The third-order valence-corrected chi connectivity index (χ3v) is 5.24. The second kappa shape index (κ2) is 7.35. The van der Waals surface area contributed by atoms with Crippen LogP contribution in [0.1, 0.15) is 38.2 Å². The Morgan fingerprint density at radius 3 is 2.65 bits per heavy atom. The summed E-state index contributed by atoms with van der Waals surface area (Å²) in [6.45, 7) is 5.37. The van der Waals surface area contributed by atoms with Crippen LogP contribution in [0.4, 0.5) is 0 Å². The van der Waals surface area contributed by atoms with Crippen molar-refractivity contribution < 1.29 is 9.53 Å². The molecule has 4 nitrogen and oxygen atoms in total. The predicted molar refractivity (Wildman–Crippen MR) is 91.4 cm³/mol. The SMILES string of the molecule is CCCN(Cc1ccc(OC)cc1)C(=O)CN1C[C@@H]2CC[C@@H]1C2. The van der Waals surface area contributed by atoms with E-state index in [-0.39, 0.29) is 5.91 Å². The van der Waals surface area contributed by atoms with Gasteiger partial charge in [0.25, 0.3) is 0 Å². The molecule has 3 rings (SSSR count). The van der Waals surface area contributed by atoms with E-state index in [1.165, 1.54) is 19.3 Å². The van der Waals surface area contributed by atoms with Crippen LogP contribution in [0.3, 0.4) is 0 Å². The van der Waals surface area contributed by atoms with Gasteiger partial charge in [0, 0.05) is 25.7 Å². The van der Waals surface area contributed by atoms with Crippen LogP contribution in [0, 0.1) is 5.92 Å². The smallest absolute Gasteiger partial charge is 0.237 e. The molecule has 0 radical (unpaired) electrons. The second-order valence-corrected chi connectivity index (χ2v) is 6.93. The fourth-order valence-electron chi connectivity index (χ4n) is 4.01. The minimum absolute atomic E-state index is 0.273. The molecule has 2 bridgehead atoms. The van der Waals surface area contributed by atoms with E-state index in [4.69, 9.17) is 4.74 Å². The van der Waals surface area contributed by atoms with Crippen molar-refractivity contribution in [2.45, 2.75) is 45.2 Å². The largest absolute Gasteiger partial charge is 0.497 e. The molecule has 2 atom stereocenters. The average molecular weight is 316 g/mol. The topological polar surface area (TPSA) is 32.8 Å². The van der Waals surface area contributed by atoms with Gasteiger partial charge in [-0.2, -0.15) is 0 Å². The molecule has 1 aliphatic carbocycles. The van der Waals surface area contributed by atoms with Crippen LogP contribution in [-0.4, -0.2) is 48.5 Å². The number of carbonyl (C=O) groups is 1. The molecular formula is C19H28N2O2. The molecule has 0 unspecified atom stereocenters. The van der Waals surface area contributed by atoms with Gasteiger partial charge in [-0.05, 0) is 49.3 Å². The van der Waals surface area contributed by atoms with Crippen molar-refractivity contribution in [2.75, 3.05) is 26.7 Å². The minimum atomic E-state index is 0.273. The van der Waals surface area contributed by atoms with Gasteiger partial charge < -0.3 is 9.64 Å². The van der Waals surface area contributed by atoms with Crippen LogP contribution in [0.15, 0.2) is 24.3 Å². The van der Waals surface area contributed by atoms with Crippen molar-refractivity contribution in [3.05, 3.63) is 29.8 Å². The summed E-state index contributed by atoms with van der Waals surface area (Å²) in [6, 6.07) is 8.68. The molecule has 1 amide bonds. The monoisotopic (exact) mass is 316 g/mol. The van der Waals surface area contributed by atoms with E-state index in [9.17, 15) is 4.79 Å². The molecule has 0 N–H and O–H groups in total. The molecule has 0 spiro atoms. The van der Waals surface area contributed by atoms with Crippen molar-refractivity contribution in [3.8, 4) is 5.75 Å². The number of methoxy groups -OCH3 is 1. The maximum absolute atomic E-state index is 12.8. The highest BCUT2D eigenvalue weighted by molar-refractivity contribution is 5.78. The predicted octanol–water partition coefficient (Wildman–Crippen LogP) is 2.92. The van der Waals surface area contributed by atoms with E-state index in [0.29, 0.717) is 19.1 Å². The Balaban J connectivity index is 1.59. The van der Waals surface area contributed by atoms with E-state index in [1.54, 1.807) is 7.11 Å². The molecule has 1 saturated carbocycles. The standard InChI is InChI=1S/C19H28N2O2/c1-3-10-20(12-15-5-8-18(23-2)9-6-15)19(22)14-21-13-16-4-7-17(21)11-16/h5-6,8-9,16-17H,3-4,7,10-14H2,1-2H3/t16-,17-/m1/s1. The van der Waals surface area contributed by atoms with Gasteiger partial charge in [0.1, 0.15) is 5.75 Å². The van der Waals surface area contributed by atoms with Gasteiger partial charge in [0.2, 0.25) is 5.91 Å². The van der Waals surface area contributed by atoms with Gasteiger partial charge in [-0.3, -0.25) is 9.69 Å². The number of carbonyl (C=O) groups excluding carboxylic acids is 1. The Hall–Kier alpha value is -1.55. The van der Waals surface area contributed by atoms with Crippen LogP contribution in [0.5, 0.6) is 5.75 Å². The van der Waals surface area contributed by atoms with Crippen LogP contribution < -0.4 is 4.74 Å². The van der Waals surface area contributed by atoms with Gasteiger partial charge in [-0.15, -0.1) is 0 Å². The van der Waals surface area contributed by atoms with E-state index in [1.807, 2.05) is 29.2 Å². The summed E-state index contributed by atoms with van der Waals surface area (Å²) >= 11 is 0. The number of fused-ring (bicyclic) bond motifs is 2. The number of nitrogens with zero attached hydrogens (tertiary/aromatic N) is 2.